The fraction of sp³-hybridized carbons (Fsp3) is 0.657. The minimum atomic E-state index is -4.41. The Morgan fingerprint density at radius 1 is 0.783 bits per heavy atom. The first-order valence-corrected chi connectivity index (χ1v) is 18.3. The summed E-state index contributed by atoms with van der Waals surface area (Å²) in [6, 6.07) is 6.30. The van der Waals surface area contributed by atoms with Crippen LogP contribution in [-0.4, -0.2) is 45.4 Å². The molecule has 0 radical (unpaired) electrons. The first-order chi connectivity index (χ1) is 21.9. The molecule has 11 heteroatoms. The SMILES string of the molecule is CCCCCCCCCCCCCCCCOc1cc(NS(=O)(=O)c2cc([N+](=O)[O-])ccc2OCCOC)c(O)cc1C(C)(C)C. The zero-order valence-corrected chi connectivity index (χ0v) is 29.4. The molecule has 0 fully saturated rings. The molecule has 10 nitrogen and oxygen atoms in total. The number of nitro benzene ring substituents is 1. The fourth-order valence-corrected chi connectivity index (χ4v) is 6.44. The number of hydrogen-bond acceptors (Lipinski definition) is 8. The third kappa shape index (κ3) is 13.7. The Kier molecular flexibility index (Phi) is 17.2. The van der Waals surface area contributed by atoms with Gasteiger partial charge in [-0.1, -0.05) is 111 Å². The maximum Gasteiger partial charge on any atom is 0.271 e. The number of phenolic OH excluding ortho intramolecular Hbond substituents is 1. The lowest BCUT2D eigenvalue weighted by Crippen LogP contribution is -2.17. The Labute approximate surface area is 276 Å². The number of phenols is 1. The predicted molar refractivity (Wildman–Crippen MR) is 184 cm³/mol. The van der Waals surface area contributed by atoms with E-state index in [2.05, 4.69) is 11.6 Å². The van der Waals surface area contributed by atoms with Gasteiger partial charge in [0.2, 0.25) is 0 Å². The van der Waals surface area contributed by atoms with E-state index in [1.54, 1.807) is 0 Å². The number of nitrogens with one attached hydrogen (secondary N) is 1. The number of rotatable bonds is 24. The van der Waals surface area contributed by atoms with Crippen LogP contribution in [0, 0.1) is 10.1 Å². The number of methoxy groups -OCH3 is 1. The Balaban J connectivity index is 2.00. The molecule has 260 valence electrons. The highest BCUT2D eigenvalue weighted by atomic mass is 32.2. The molecule has 2 aromatic carbocycles. The molecule has 0 heterocycles. The molecule has 0 atom stereocenters. The number of sulfonamides is 1. The van der Waals surface area contributed by atoms with E-state index in [9.17, 15) is 23.6 Å². The Hall–Kier alpha value is -3.05. The van der Waals surface area contributed by atoms with Crippen molar-refractivity contribution in [3.05, 3.63) is 46.0 Å². The van der Waals surface area contributed by atoms with Gasteiger partial charge in [-0.05, 0) is 24.0 Å². The molecule has 0 unspecified atom stereocenters. The number of ether oxygens (including phenoxy) is 3. The minimum Gasteiger partial charge on any atom is -0.506 e. The Morgan fingerprint density at radius 2 is 1.33 bits per heavy atom. The van der Waals surface area contributed by atoms with Crippen LogP contribution >= 0.6 is 0 Å². The van der Waals surface area contributed by atoms with E-state index in [-0.39, 0.29) is 35.8 Å². The summed E-state index contributed by atoms with van der Waals surface area (Å²) in [5, 5.41) is 22.2. The lowest BCUT2D eigenvalue weighted by Gasteiger charge is -2.24. The predicted octanol–water partition coefficient (Wildman–Crippen LogP) is 9.28. The number of nitro groups is 1. The minimum absolute atomic E-state index is 0.0413. The topological polar surface area (TPSA) is 137 Å². The molecular formula is C35H56N2O8S. The summed E-state index contributed by atoms with van der Waals surface area (Å²) >= 11 is 0. The van der Waals surface area contributed by atoms with Gasteiger partial charge in [0, 0.05) is 30.9 Å². The van der Waals surface area contributed by atoms with Gasteiger partial charge in [-0.2, -0.15) is 0 Å². The molecule has 0 aromatic heterocycles. The van der Waals surface area contributed by atoms with Crippen LogP contribution in [0.1, 0.15) is 123 Å². The van der Waals surface area contributed by atoms with E-state index in [4.69, 9.17) is 14.2 Å². The number of benzene rings is 2. The van der Waals surface area contributed by atoms with Crippen LogP contribution in [0.2, 0.25) is 0 Å². The van der Waals surface area contributed by atoms with E-state index >= 15 is 0 Å². The smallest absolute Gasteiger partial charge is 0.271 e. The number of hydrogen-bond donors (Lipinski definition) is 2. The van der Waals surface area contributed by atoms with Gasteiger partial charge in [0.05, 0.1) is 23.8 Å². The number of unbranched alkanes of at least 4 members (excludes halogenated alkanes) is 13. The quantitative estimate of drug-likeness (QED) is 0.0490. The Morgan fingerprint density at radius 3 is 1.85 bits per heavy atom. The second kappa shape index (κ2) is 20.2. The van der Waals surface area contributed by atoms with Crippen LogP contribution < -0.4 is 14.2 Å². The number of nitrogens with zero attached hydrogens (tertiary/aromatic N) is 1. The van der Waals surface area contributed by atoms with Crippen molar-refractivity contribution >= 4 is 21.4 Å². The zero-order valence-electron chi connectivity index (χ0n) is 28.6. The summed E-state index contributed by atoms with van der Waals surface area (Å²) in [6.45, 7) is 8.90. The van der Waals surface area contributed by atoms with Gasteiger partial charge in [0.1, 0.15) is 28.8 Å². The average Bonchev–Trinajstić information content (AvgIpc) is 2.99. The first kappa shape index (κ1) is 39.1. The summed E-state index contributed by atoms with van der Waals surface area (Å²) in [5.41, 5.74) is -0.165. The van der Waals surface area contributed by atoms with E-state index < -0.39 is 25.5 Å². The molecular weight excluding hydrogens is 608 g/mol. The van der Waals surface area contributed by atoms with Crippen LogP contribution in [0.15, 0.2) is 35.2 Å². The van der Waals surface area contributed by atoms with E-state index in [0.717, 1.165) is 30.9 Å². The lowest BCUT2D eigenvalue weighted by molar-refractivity contribution is -0.385. The third-order valence-electron chi connectivity index (χ3n) is 7.88. The molecule has 2 rings (SSSR count). The molecule has 0 saturated heterocycles. The molecule has 0 bridgehead atoms. The van der Waals surface area contributed by atoms with E-state index in [1.165, 1.54) is 102 Å². The van der Waals surface area contributed by atoms with Gasteiger partial charge >= 0.3 is 0 Å². The second-order valence-electron chi connectivity index (χ2n) is 12.9. The molecule has 0 saturated carbocycles. The molecule has 0 aliphatic rings. The maximum absolute atomic E-state index is 13.5. The van der Waals surface area contributed by atoms with Crippen LogP contribution in [0.4, 0.5) is 11.4 Å². The average molecular weight is 665 g/mol. The van der Waals surface area contributed by atoms with Crippen molar-refractivity contribution < 1.29 is 32.7 Å². The maximum atomic E-state index is 13.5. The molecule has 0 aliphatic heterocycles. The van der Waals surface area contributed by atoms with Gasteiger partial charge in [0.25, 0.3) is 15.7 Å². The fourth-order valence-electron chi connectivity index (χ4n) is 5.21. The van der Waals surface area contributed by atoms with Gasteiger partial charge in [-0.15, -0.1) is 0 Å². The van der Waals surface area contributed by atoms with Gasteiger partial charge in [-0.25, -0.2) is 8.42 Å². The van der Waals surface area contributed by atoms with Crippen molar-refractivity contribution in [2.45, 2.75) is 128 Å². The van der Waals surface area contributed by atoms with Crippen LogP contribution in [0.3, 0.4) is 0 Å². The van der Waals surface area contributed by atoms with E-state index in [1.807, 2.05) is 20.8 Å². The van der Waals surface area contributed by atoms with Gasteiger partial charge in [-0.3, -0.25) is 14.8 Å². The highest BCUT2D eigenvalue weighted by Gasteiger charge is 2.27. The van der Waals surface area contributed by atoms with Crippen molar-refractivity contribution in [3.63, 3.8) is 0 Å². The summed E-state index contributed by atoms with van der Waals surface area (Å²) < 4.78 is 46.0. The van der Waals surface area contributed by atoms with Crippen molar-refractivity contribution in [3.8, 4) is 17.2 Å². The largest absolute Gasteiger partial charge is 0.506 e. The van der Waals surface area contributed by atoms with E-state index in [0.29, 0.717) is 12.4 Å². The monoisotopic (exact) mass is 664 g/mol. The number of non-ortho nitro benzene ring substituents is 1. The van der Waals surface area contributed by atoms with Gasteiger partial charge < -0.3 is 19.3 Å². The lowest BCUT2D eigenvalue weighted by atomic mass is 9.86. The number of anilines is 1. The second-order valence-corrected chi connectivity index (χ2v) is 14.5. The molecule has 0 aliphatic carbocycles. The summed E-state index contributed by atoms with van der Waals surface area (Å²) in [6.07, 6.45) is 17.6. The molecule has 0 spiro atoms. The highest BCUT2D eigenvalue weighted by Crippen LogP contribution is 2.40. The van der Waals surface area contributed by atoms with Gasteiger partial charge in [0.15, 0.2) is 0 Å². The molecule has 2 aromatic rings. The van der Waals surface area contributed by atoms with Crippen LogP contribution in [0.5, 0.6) is 17.2 Å². The first-order valence-electron chi connectivity index (χ1n) is 16.8. The van der Waals surface area contributed by atoms with Crippen molar-refractivity contribution in [2.75, 3.05) is 31.7 Å². The Bertz CT molecular complexity index is 1310. The highest BCUT2D eigenvalue weighted by molar-refractivity contribution is 7.92. The molecule has 2 N–H and O–H groups in total. The van der Waals surface area contributed by atoms with Crippen LogP contribution in [-0.2, 0) is 20.2 Å². The van der Waals surface area contributed by atoms with Crippen molar-refractivity contribution in [1.29, 1.82) is 0 Å². The third-order valence-corrected chi connectivity index (χ3v) is 9.27. The standard InChI is InChI=1S/C35H56N2O8S/c1-6-7-8-9-10-11-12-13-14-15-16-17-18-19-22-44-33-27-30(31(38)26-29(33)35(2,3)4)36-46(41,42)34-25-28(37(39)40)20-21-32(34)45-24-23-43-5/h20-21,25-27,36,38H,6-19,22-24H2,1-5H3. The van der Waals surface area contributed by atoms with Crippen LogP contribution in [0.25, 0.3) is 0 Å². The number of aromatic hydroxyl groups is 1. The zero-order chi connectivity index (χ0) is 34.0. The summed E-state index contributed by atoms with van der Waals surface area (Å²) in [4.78, 5) is 10.3. The molecule has 0 amide bonds. The van der Waals surface area contributed by atoms with Crippen molar-refractivity contribution in [2.24, 2.45) is 0 Å². The summed E-state index contributed by atoms with van der Waals surface area (Å²) in [5.74, 6) is 0.105. The normalized spacial score (nSPS) is 11.8. The summed E-state index contributed by atoms with van der Waals surface area (Å²) in [7, 11) is -2.94. The van der Waals surface area contributed by atoms with Crippen molar-refractivity contribution in [1.82, 2.24) is 0 Å². The molecule has 46 heavy (non-hydrogen) atoms.